The van der Waals surface area contributed by atoms with E-state index in [4.69, 9.17) is 5.73 Å². The summed E-state index contributed by atoms with van der Waals surface area (Å²) in [7, 11) is -1.15. The first-order valence-corrected chi connectivity index (χ1v) is 7.56. The van der Waals surface area contributed by atoms with Gasteiger partial charge in [-0.05, 0) is 36.4 Å². The predicted octanol–water partition coefficient (Wildman–Crippen LogP) is 2.41. The lowest BCUT2D eigenvalue weighted by Crippen LogP contribution is -2.14. The Balaban J connectivity index is 1.83. The Morgan fingerprint density at radius 2 is 1.70 bits per heavy atom. The summed E-state index contributed by atoms with van der Waals surface area (Å²) < 4.78 is 12.0. The summed E-state index contributed by atoms with van der Waals surface area (Å²) in [6.07, 6.45) is 0.214. The van der Waals surface area contributed by atoms with Crippen LogP contribution in [-0.4, -0.2) is 15.9 Å². The molecule has 3 N–H and O–H groups in total. The van der Waals surface area contributed by atoms with Crippen LogP contribution in [0, 0.1) is 0 Å². The van der Waals surface area contributed by atoms with E-state index >= 15 is 0 Å². The minimum atomic E-state index is -1.15. The Morgan fingerprint density at radius 1 is 1.05 bits per heavy atom. The predicted molar refractivity (Wildman–Crippen MR) is 81.8 cm³/mol. The highest BCUT2D eigenvalue weighted by Gasteiger charge is 2.07. The lowest BCUT2D eigenvalue weighted by Gasteiger charge is -2.05. The molecular formula is C15H16N2O2S. The third-order valence-corrected chi connectivity index (χ3v) is 4.09. The second kappa shape index (κ2) is 6.86. The third-order valence-electron chi connectivity index (χ3n) is 2.72. The zero-order chi connectivity index (χ0) is 14.4. The lowest BCUT2D eigenvalue weighted by molar-refractivity contribution is -0.115. The van der Waals surface area contributed by atoms with Crippen LogP contribution in [0.1, 0.15) is 6.42 Å². The second-order valence-corrected chi connectivity index (χ2v) is 5.85. The molecule has 0 spiro atoms. The molecule has 104 valence electrons. The van der Waals surface area contributed by atoms with E-state index in [1.54, 1.807) is 36.4 Å². The summed E-state index contributed by atoms with van der Waals surface area (Å²) in [5.74, 6) is 0.157. The molecule has 0 saturated heterocycles. The molecule has 1 atom stereocenters. The van der Waals surface area contributed by atoms with Crippen LogP contribution in [0.4, 0.5) is 11.4 Å². The summed E-state index contributed by atoms with van der Waals surface area (Å²) in [6.45, 7) is 0. The van der Waals surface area contributed by atoms with Gasteiger partial charge in [0.1, 0.15) is 0 Å². The molecule has 1 unspecified atom stereocenters. The molecule has 0 saturated carbocycles. The fourth-order valence-corrected chi connectivity index (χ4v) is 2.73. The molecule has 20 heavy (non-hydrogen) atoms. The van der Waals surface area contributed by atoms with Gasteiger partial charge in [0.2, 0.25) is 5.91 Å². The highest BCUT2D eigenvalue weighted by atomic mass is 32.2. The number of nitrogens with two attached hydrogens (primary N) is 1. The largest absolute Gasteiger partial charge is 0.399 e. The van der Waals surface area contributed by atoms with Crippen LogP contribution in [0.5, 0.6) is 0 Å². The molecule has 0 heterocycles. The molecule has 0 bridgehead atoms. The van der Waals surface area contributed by atoms with Gasteiger partial charge in [-0.15, -0.1) is 0 Å². The molecule has 5 heteroatoms. The van der Waals surface area contributed by atoms with Gasteiger partial charge in [-0.2, -0.15) is 0 Å². The number of rotatable bonds is 5. The number of nitrogen functional groups attached to an aromatic ring is 1. The quantitative estimate of drug-likeness (QED) is 0.830. The second-order valence-electron chi connectivity index (χ2n) is 4.28. The standard InChI is InChI=1S/C15H16N2O2S/c16-12-6-8-13(9-7-12)17-15(18)10-11-20(19)14-4-2-1-3-5-14/h1-9H,10-11,16H2,(H,17,18). The molecule has 0 aromatic heterocycles. The van der Waals surface area contributed by atoms with Crippen LogP contribution >= 0.6 is 0 Å². The number of nitrogens with one attached hydrogen (secondary N) is 1. The van der Waals surface area contributed by atoms with Crippen molar-refractivity contribution in [2.24, 2.45) is 0 Å². The summed E-state index contributed by atoms with van der Waals surface area (Å²) >= 11 is 0. The van der Waals surface area contributed by atoms with Crippen LogP contribution in [0.25, 0.3) is 0 Å². The maximum absolute atomic E-state index is 12.0. The highest BCUT2D eigenvalue weighted by Crippen LogP contribution is 2.11. The van der Waals surface area contributed by atoms with Crippen molar-refractivity contribution in [2.75, 3.05) is 16.8 Å². The maximum Gasteiger partial charge on any atom is 0.225 e. The van der Waals surface area contributed by atoms with Crippen molar-refractivity contribution in [3.63, 3.8) is 0 Å². The Labute approximate surface area is 120 Å². The molecular weight excluding hydrogens is 272 g/mol. The van der Waals surface area contributed by atoms with Crippen molar-refractivity contribution < 1.29 is 9.00 Å². The van der Waals surface area contributed by atoms with Gasteiger partial charge in [0.05, 0.1) is 10.8 Å². The molecule has 2 aromatic rings. The monoisotopic (exact) mass is 288 g/mol. The van der Waals surface area contributed by atoms with E-state index in [0.717, 1.165) is 4.90 Å². The first-order valence-electron chi connectivity index (χ1n) is 6.24. The van der Waals surface area contributed by atoms with E-state index in [9.17, 15) is 9.00 Å². The number of carbonyl (C=O) groups is 1. The van der Waals surface area contributed by atoms with Gasteiger partial charge in [-0.1, -0.05) is 18.2 Å². The van der Waals surface area contributed by atoms with Gasteiger partial charge in [-0.25, -0.2) is 0 Å². The highest BCUT2D eigenvalue weighted by molar-refractivity contribution is 7.85. The molecule has 1 amide bonds. The van der Waals surface area contributed by atoms with Crippen molar-refractivity contribution in [1.82, 2.24) is 0 Å². The summed E-state index contributed by atoms with van der Waals surface area (Å²) in [5, 5.41) is 2.75. The van der Waals surface area contributed by atoms with E-state index < -0.39 is 10.8 Å². The molecule has 0 fully saturated rings. The van der Waals surface area contributed by atoms with Crippen molar-refractivity contribution in [2.45, 2.75) is 11.3 Å². The van der Waals surface area contributed by atoms with Crippen molar-refractivity contribution in [3.8, 4) is 0 Å². The Hall–Kier alpha value is -2.14. The third kappa shape index (κ3) is 4.20. The molecule has 2 aromatic carbocycles. The van der Waals surface area contributed by atoms with Crippen LogP contribution in [-0.2, 0) is 15.6 Å². The molecule has 2 rings (SSSR count). The molecule has 0 aliphatic rings. The zero-order valence-corrected chi connectivity index (χ0v) is 11.7. The minimum absolute atomic E-state index is 0.154. The van der Waals surface area contributed by atoms with Gasteiger partial charge in [0.25, 0.3) is 0 Å². The number of benzene rings is 2. The number of amides is 1. The van der Waals surface area contributed by atoms with E-state index in [1.807, 2.05) is 18.2 Å². The summed E-state index contributed by atoms with van der Waals surface area (Å²) in [6, 6.07) is 16.1. The molecule has 0 radical (unpaired) electrons. The van der Waals surface area contributed by atoms with Gasteiger partial charge in [-0.3, -0.25) is 9.00 Å². The smallest absolute Gasteiger partial charge is 0.225 e. The average Bonchev–Trinajstić information content (AvgIpc) is 2.48. The molecule has 4 nitrogen and oxygen atoms in total. The van der Waals surface area contributed by atoms with Crippen LogP contribution in [0.3, 0.4) is 0 Å². The topological polar surface area (TPSA) is 72.2 Å². The van der Waals surface area contributed by atoms with Gasteiger partial charge >= 0.3 is 0 Å². The number of anilines is 2. The van der Waals surface area contributed by atoms with Crippen LogP contribution < -0.4 is 11.1 Å². The first kappa shape index (κ1) is 14.3. The first-order chi connectivity index (χ1) is 9.65. The average molecular weight is 288 g/mol. The van der Waals surface area contributed by atoms with E-state index in [1.165, 1.54) is 0 Å². The Bertz CT molecular complexity index is 597. The fraction of sp³-hybridized carbons (Fsp3) is 0.133. The number of hydrogen-bond acceptors (Lipinski definition) is 3. The van der Waals surface area contributed by atoms with Gasteiger partial charge < -0.3 is 11.1 Å². The van der Waals surface area contributed by atoms with Crippen molar-refractivity contribution >= 4 is 28.1 Å². The van der Waals surface area contributed by atoms with Crippen LogP contribution in [0.15, 0.2) is 59.5 Å². The SMILES string of the molecule is Nc1ccc(NC(=O)CCS(=O)c2ccccc2)cc1. The van der Waals surface area contributed by atoms with Crippen molar-refractivity contribution in [1.29, 1.82) is 0 Å². The lowest BCUT2D eigenvalue weighted by atomic mass is 10.3. The van der Waals surface area contributed by atoms with E-state index in [0.29, 0.717) is 17.1 Å². The Kier molecular flexibility index (Phi) is 4.90. The fourth-order valence-electron chi connectivity index (χ4n) is 1.67. The van der Waals surface area contributed by atoms with Crippen LogP contribution in [0.2, 0.25) is 0 Å². The number of hydrogen-bond donors (Lipinski definition) is 2. The van der Waals surface area contributed by atoms with E-state index in [-0.39, 0.29) is 12.3 Å². The zero-order valence-electron chi connectivity index (χ0n) is 10.9. The molecule has 0 aliphatic carbocycles. The van der Waals surface area contributed by atoms with Crippen molar-refractivity contribution in [3.05, 3.63) is 54.6 Å². The summed E-state index contributed by atoms with van der Waals surface area (Å²) in [5.41, 5.74) is 6.90. The van der Waals surface area contributed by atoms with E-state index in [2.05, 4.69) is 5.32 Å². The summed E-state index contributed by atoms with van der Waals surface area (Å²) in [4.78, 5) is 12.5. The van der Waals surface area contributed by atoms with Gasteiger partial charge in [0.15, 0.2) is 0 Å². The minimum Gasteiger partial charge on any atom is -0.399 e. The Morgan fingerprint density at radius 3 is 2.35 bits per heavy atom. The maximum atomic E-state index is 12.0. The van der Waals surface area contributed by atoms with Gasteiger partial charge in [0, 0.05) is 28.4 Å². The number of carbonyl (C=O) groups excluding carboxylic acids is 1. The molecule has 0 aliphatic heterocycles. The normalized spacial score (nSPS) is 11.8.